The largest absolute Gasteiger partial charge is 0.399 e. The van der Waals surface area contributed by atoms with Crippen LogP contribution in [0.15, 0.2) is 24.3 Å². The van der Waals surface area contributed by atoms with E-state index in [2.05, 4.69) is 5.32 Å². The van der Waals surface area contributed by atoms with E-state index < -0.39 is 0 Å². The van der Waals surface area contributed by atoms with Crippen molar-refractivity contribution < 1.29 is 9.59 Å². The van der Waals surface area contributed by atoms with Crippen LogP contribution in [0.3, 0.4) is 0 Å². The molecule has 1 heterocycles. The lowest BCUT2D eigenvalue weighted by Crippen LogP contribution is -2.43. The third kappa shape index (κ3) is 3.71. The van der Waals surface area contributed by atoms with E-state index in [0.29, 0.717) is 25.2 Å². The van der Waals surface area contributed by atoms with Crippen LogP contribution in [0.2, 0.25) is 0 Å². The Morgan fingerprint density at radius 1 is 1.21 bits per heavy atom. The number of rotatable bonds is 2. The zero-order valence-electron chi connectivity index (χ0n) is 10.9. The fraction of sp³-hybridized carbons (Fsp3) is 0.429. The molecule has 0 bridgehead atoms. The lowest BCUT2D eigenvalue weighted by Gasteiger charge is -2.19. The molecule has 1 saturated heterocycles. The monoisotopic (exact) mass is 261 g/mol. The number of anilines is 1. The maximum atomic E-state index is 12.0. The van der Waals surface area contributed by atoms with Crippen LogP contribution in [0.25, 0.3) is 0 Å². The van der Waals surface area contributed by atoms with Crippen LogP contribution in [0.5, 0.6) is 0 Å². The minimum absolute atomic E-state index is 0.0766. The van der Waals surface area contributed by atoms with Crippen molar-refractivity contribution in [1.82, 2.24) is 10.2 Å². The Balaban J connectivity index is 1.89. The number of amides is 3. The molecule has 3 amide bonds. The summed E-state index contributed by atoms with van der Waals surface area (Å²) in [4.78, 5) is 25.1. The molecular formula is C14H19N3O2. The molecule has 0 atom stereocenters. The Hall–Kier alpha value is -2.04. The number of likely N-dealkylation sites (tertiary alicyclic amines) is 1. The van der Waals surface area contributed by atoms with Gasteiger partial charge in [-0.1, -0.05) is 18.6 Å². The minimum atomic E-state index is -0.302. The molecule has 1 aliphatic rings. The summed E-state index contributed by atoms with van der Waals surface area (Å²) < 4.78 is 0. The van der Waals surface area contributed by atoms with Gasteiger partial charge in [-0.05, 0) is 30.5 Å². The van der Waals surface area contributed by atoms with Crippen molar-refractivity contribution in [3.05, 3.63) is 29.8 Å². The van der Waals surface area contributed by atoms with E-state index in [1.807, 2.05) is 12.1 Å². The standard InChI is InChI=1S/C14H19N3O2/c15-12-7-5-11(6-8-12)10-16-14(19)17-9-3-1-2-4-13(17)18/h5-8H,1-4,9-10,15H2,(H,16,19). The summed E-state index contributed by atoms with van der Waals surface area (Å²) in [5.41, 5.74) is 7.25. The van der Waals surface area contributed by atoms with Crippen molar-refractivity contribution in [1.29, 1.82) is 0 Å². The van der Waals surface area contributed by atoms with Gasteiger partial charge in [0.2, 0.25) is 5.91 Å². The first kappa shape index (κ1) is 13.4. The second-order valence-corrected chi connectivity index (χ2v) is 4.76. The highest BCUT2D eigenvalue weighted by atomic mass is 16.2. The molecule has 19 heavy (non-hydrogen) atoms. The molecule has 1 aliphatic heterocycles. The molecule has 0 spiro atoms. The number of nitrogens with one attached hydrogen (secondary N) is 1. The zero-order chi connectivity index (χ0) is 13.7. The van der Waals surface area contributed by atoms with Gasteiger partial charge in [-0.25, -0.2) is 4.79 Å². The fourth-order valence-electron chi connectivity index (χ4n) is 2.11. The average Bonchev–Trinajstić information content (AvgIpc) is 2.62. The van der Waals surface area contributed by atoms with Crippen molar-refractivity contribution in [2.45, 2.75) is 32.2 Å². The van der Waals surface area contributed by atoms with E-state index in [9.17, 15) is 9.59 Å². The molecule has 0 saturated carbocycles. The highest BCUT2D eigenvalue weighted by Gasteiger charge is 2.22. The Labute approximate surface area is 112 Å². The van der Waals surface area contributed by atoms with Gasteiger partial charge in [0.1, 0.15) is 0 Å². The topological polar surface area (TPSA) is 75.4 Å². The smallest absolute Gasteiger partial charge is 0.324 e. The van der Waals surface area contributed by atoms with Gasteiger partial charge >= 0.3 is 6.03 Å². The van der Waals surface area contributed by atoms with Crippen molar-refractivity contribution >= 4 is 17.6 Å². The molecule has 1 aromatic rings. The van der Waals surface area contributed by atoms with E-state index in [1.54, 1.807) is 12.1 Å². The molecule has 1 aromatic carbocycles. The quantitative estimate of drug-likeness (QED) is 0.798. The van der Waals surface area contributed by atoms with Crippen LogP contribution in [0.4, 0.5) is 10.5 Å². The average molecular weight is 261 g/mol. The lowest BCUT2D eigenvalue weighted by atomic mass is 10.2. The van der Waals surface area contributed by atoms with Gasteiger partial charge in [-0.3, -0.25) is 9.69 Å². The second-order valence-electron chi connectivity index (χ2n) is 4.76. The van der Waals surface area contributed by atoms with Crippen molar-refractivity contribution in [3.8, 4) is 0 Å². The summed E-state index contributed by atoms with van der Waals surface area (Å²) in [6.07, 6.45) is 3.24. The highest BCUT2D eigenvalue weighted by molar-refractivity contribution is 5.94. The van der Waals surface area contributed by atoms with E-state index in [4.69, 9.17) is 5.73 Å². The van der Waals surface area contributed by atoms with Crippen LogP contribution in [0.1, 0.15) is 31.2 Å². The van der Waals surface area contributed by atoms with E-state index in [1.165, 1.54) is 4.90 Å². The fourth-order valence-corrected chi connectivity index (χ4v) is 2.11. The number of hydrogen-bond donors (Lipinski definition) is 2. The second kappa shape index (κ2) is 6.22. The first-order valence-corrected chi connectivity index (χ1v) is 6.59. The van der Waals surface area contributed by atoms with Crippen molar-refractivity contribution in [2.24, 2.45) is 0 Å². The van der Waals surface area contributed by atoms with Gasteiger partial charge in [0.15, 0.2) is 0 Å². The number of carbonyl (C=O) groups is 2. The predicted molar refractivity (Wildman–Crippen MR) is 73.3 cm³/mol. The Morgan fingerprint density at radius 3 is 2.68 bits per heavy atom. The summed E-state index contributed by atoms with van der Waals surface area (Å²) in [7, 11) is 0. The molecule has 5 heteroatoms. The van der Waals surface area contributed by atoms with E-state index in [-0.39, 0.29) is 11.9 Å². The molecule has 0 radical (unpaired) electrons. The molecule has 102 valence electrons. The summed E-state index contributed by atoms with van der Waals surface area (Å²) in [5, 5.41) is 2.77. The minimum Gasteiger partial charge on any atom is -0.399 e. The molecule has 3 N–H and O–H groups in total. The molecule has 2 rings (SSSR count). The lowest BCUT2D eigenvalue weighted by molar-refractivity contribution is -0.127. The Morgan fingerprint density at radius 2 is 1.95 bits per heavy atom. The molecule has 5 nitrogen and oxygen atoms in total. The number of nitrogens with two attached hydrogens (primary N) is 1. The molecule has 0 unspecified atom stereocenters. The van der Waals surface area contributed by atoms with Gasteiger partial charge < -0.3 is 11.1 Å². The number of nitrogens with zero attached hydrogens (tertiary/aromatic N) is 1. The number of imide groups is 1. The van der Waals surface area contributed by atoms with Gasteiger partial charge in [-0.15, -0.1) is 0 Å². The van der Waals surface area contributed by atoms with E-state index >= 15 is 0 Å². The summed E-state index contributed by atoms with van der Waals surface area (Å²) >= 11 is 0. The Bertz CT molecular complexity index is 456. The first-order chi connectivity index (χ1) is 9.16. The van der Waals surface area contributed by atoms with E-state index in [0.717, 1.165) is 24.8 Å². The highest BCUT2D eigenvalue weighted by Crippen LogP contribution is 2.11. The maximum Gasteiger partial charge on any atom is 0.324 e. The number of carbonyl (C=O) groups excluding carboxylic acids is 2. The number of hydrogen-bond acceptors (Lipinski definition) is 3. The van der Waals surface area contributed by atoms with Gasteiger partial charge in [-0.2, -0.15) is 0 Å². The third-order valence-corrected chi connectivity index (χ3v) is 3.24. The normalized spacial score (nSPS) is 16.0. The number of nitrogen functional groups attached to an aromatic ring is 1. The van der Waals surface area contributed by atoms with Crippen molar-refractivity contribution in [2.75, 3.05) is 12.3 Å². The van der Waals surface area contributed by atoms with Gasteiger partial charge in [0.05, 0.1) is 0 Å². The SMILES string of the molecule is Nc1ccc(CNC(=O)N2CCCCCC2=O)cc1. The number of urea groups is 1. The van der Waals surface area contributed by atoms with Gasteiger partial charge in [0.25, 0.3) is 0 Å². The zero-order valence-corrected chi connectivity index (χ0v) is 10.9. The van der Waals surface area contributed by atoms with Crippen LogP contribution < -0.4 is 11.1 Å². The summed E-state index contributed by atoms with van der Waals surface area (Å²) in [6.45, 7) is 0.926. The van der Waals surface area contributed by atoms with Crippen LogP contribution >= 0.6 is 0 Å². The third-order valence-electron chi connectivity index (χ3n) is 3.24. The van der Waals surface area contributed by atoms with Crippen LogP contribution in [-0.4, -0.2) is 23.4 Å². The van der Waals surface area contributed by atoms with Gasteiger partial charge in [0, 0.05) is 25.2 Å². The molecule has 1 fully saturated rings. The number of benzene rings is 1. The first-order valence-electron chi connectivity index (χ1n) is 6.59. The Kier molecular flexibility index (Phi) is 4.39. The molecule has 0 aromatic heterocycles. The maximum absolute atomic E-state index is 12.0. The molecular weight excluding hydrogens is 242 g/mol. The summed E-state index contributed by atoms with van der Waals surface area (Å²) in [6, 6.07) is 7.00. The summed E-state index contributed by atoms with van der Waals surface area (Å²) in [5.74, 6) is -0.0766. The molecule has 0 aliphatic carbocycles. The van der Waals surface area contributed by atoms with Crippen LogP contribution in [-0.2, 0) is 11.3 Å². The predicted octanol–water partition coefficient (Wildman–Crippen LogP) is 1.88. The van der Waals surface area contributed by atoms with Crippen molar-refractivity contribution in [3.63, 3.8) is 0 Å². The van der Waals surface area contributed by atoms with Crippen LogP contribution in [0, 0.1) is 0 Å².